The van der Waals surface area contributed by atoms with E-state index >= 15 is 0 Å². The highest BCUT2D eigenvalue weighted by atomic mass is 35.5. The molecule has 1 aliphatic heterocycles. The van der Waals surface area contributed by atoms with Gasteiger partial charge in [-0.3, -0.25) is 4.79 Å². The summed E-state index contributed by atoms with van der Waals surface area (Å²) in [4.78, 5) is 12.3. The molecule has 1 aliphatic rings. The van der Waals surface area contributed by atoms with Crippen LogP contribution < -0.4 is 19.5 Å². The number of nitrogens with one attached hydrogen (secondary N) is 1. The first-order chi connectivity index (χ1) is 11.5. The number of carbonyl (C=O) groups excluding carboxylic acids is 1. The highest BCUT2D eigenvalue weighted by Gasteiger charge is 2.18. The molecule has 0 saturated heterocycles. The summed E-state index contributed by atoms with van der Waals surface area (Å²) in [6.07, 6.45) is -0.755. The van der Waals surface area contributed by atoms with Gasteiger partial charge in [0.05, 0.1) is 5.02 Å². The Morgan fingerprint density at radius 3 is 2.67 bits per heavy atom. The van der Waals surface area contributed by atoms with E-state index in [2.05, 4.69) is 5.32 Å². The van der Waals surface area contributed by atoms with Crippen LogP contribution in [0.4, 0.5) is 5.69 Å². The molecule has 1 N–H and O–H groups in total. The van der Waals surface area contributed by atoms with Crippen LogP contribution in [-0.2, 0) is 4.79 Å². The average Bonchev–Trinajstić information content (AvgIpc) is 2.58. The van der Waals surface area contributed by atoms with Crippen LogP contribution in [0.2, 0.25) is 10.0 Å². The lowest BCUT2D eigenvalue weighted by Crippen LogP contribution is -2.30. The first kappa shape index (κ1) is 16.7. The summed E-state index contributed by atoms with van der Waals surface area (Å²) in [6, 6.07) is 10.0. The van der Waals surface area contributed by atoms with Crippen LogP contribution in [0.1, 0.15) is 6.92 Å². The lowest BCUT2D eigenvalue weighted by atomic mass is 10.2. The van der Waals surface area contributed by atoms with Gasteiger partial charge < -0.3 is 19.5 Å². The number of fused-ring (bicyclic) bond motifs is 1. The Balaban J connectivity index is 1.67. The summed E-state index contributed by atoms with van der Waals surface area (Å²) >= 11 is 12.0. The molecule has 0 fully saturated rings. The van der Waals surface area contributed by atoms with Gasteiger partial charge in [0.2, 0.25) is 0 Å². The summed E-state index contributed by atoms with van der Waals surface area (Å²) in [5.74, 6) is 1.30. The van der Waals surface area contributed by atoms with Gasteiger partial charge in [0, 0.05) is 22.8 Å². The highest BCUT2D eigenvalue weighted by molar-refractivity contribution is 6.34. The van der Waals surface area contributed by atoms with E-state index in [0.717, 1.165) is 0 Å². The number of hydrogen-bond acceptors (Lipinski definition) is 4. The van der Waals surface area contributed by atoms with Gasteiger partial charge in [-0.2, -0.15) is 0 Å². The first-order valence-electron chi connectivity index (χ1n) is 7.35. The maximum absolute atomic E-state index is 12.3. The molecule has 0 aromatic heterocycles. The van der Waals surface area contributed by atoms with Crippen LogP contribution in [0.25, 0.3) is 0 Å². The fourth-order valence-electron chi connectivity index (χ4n) is 2.18. The SMILES string of the molecule is CC(Oc1cc(Cl)ccc1Cl)C(=O)Nc1ccc2c(c1)OCCO2. The van der Waals surface area contributed by atoms with Gasteiger partial charge >= 0.3 is 0 Å². The number of hydrogen-bond donors (Lipinski definition) is 1. The van der Waals surface area contributed by atoms with Crippen molar-refractivity contribution in [2.45, 2.75) is 13.0 Å². The van der Waals surface area contributed by atoms with Crippen molar-refractivity contribution in [2.24, 2.45) is 0 Å². The van der Waals surface area contributed by atoms with Gasteiger partial charge in [-0.15, -0.1) is 0 Å². The minimum Gasteiger partial charge on any atom is -0.486 e. The predicted octanol–water partition coefficient (Wildman–Crippen LogP) is 4.17. The molecular weight excluding hydrogens is 353 g/mol. The standard InChI is InChI=1S/C17H15Cl2NO4/c1-10(24-15-8-11(18)2-4-13(15)19)17(21)20-12-3-5-14-16(9-12)23-7-6-22-14/h2-5,8-10H,6-7H2,1H3,(H,20,21). The van der Waals surface area contributed by atoms with Crippen molar-refractivity contribution in [2.75, 3.05) is 18.5 Å². The number of amides is 1. The van der Waals surface area contributed by atoms with Crippen LogP contribution in [0.5, 0.6) is 17.2 Å². The van der Waals surface area contributed by atoms with Gasteiger partial charge in [0.25, 0.3) is 5.91 Å². The molecule has 7 heteroatoms. The summed E-state index contributed by atoms with van der Waals surface area (Å²) in [5.41, 5.74) is 0.594. The molecule has 3 rings (SSSR count). The van der Waals surface area contributed by atoms with E-state index < -0.39 is 6.10 Å². The third kappa shape index (κ3) is 3.86. The summed E-state index contributed by atoms with van der Waals surface area (Å²) < 4.78 is 16.5. The second-order valence-electron chi connectivity index (χ2n) is 5.18. The number of anilines is 1. The van der Waals surface area contributed by atoms with Crippen LogP contribution >= 0.6 is 23.2 Å². The fourth-order valence-corrected chi connectivity index (χ4v) is 2.50. The molecule has 1 heterocycles. The zero-order valence-electron chi connectivity index (χ0n) is 12.8. The van der Waals surface area contributed by atoms with E-state index in [1.807, 2.05) is 0 Å². The highest BCUT2D eigenvalue weighted by Crippen LogP contribution is 2.33. The van der Waals surface area contributed by atoms with E-state index in [4.69, 9.17) is 37.4 Å². The minimum absolute atomic E-state index is 0.317. The van der Waals surface area contributed by atoms with Crippen molar-refractivity contribution < 1.29 is 19.0 Å². The van der Waals surface area contributed by atoms with Crippen molar-refractivity contribution >= 4 is 34.8 Å². The predicted molar refractivity (Wildman–Crippen MR) is 92.6 cm³/mol. The Labute approximate surface area is 149 Å². The minimum atomic E-state index is -0.755. The first-order valence-corrected chi connectivity index (χ1v) is 8.11. The third-order valence-corrected chi connectivity index (χ3v) is 3.92. The Morgan fingerprint density at radius 2 is 1.88 bits per heavy atom. The number of halogens is 2. The van der Waals surface area contributed by atoms with E-state index in [1.165, 1.54) is 0 Å². The molecule has 24 heavy (non-hydrogen) atoms. The van der Waals surface area contributed by atoms with Gasteiger partial charge in [-0.25, -0.2) is 0 Å². The molecule has 0 aliphatic carbocycles. The number of benzene rings is 2. The quantitative estimate of drug-likeness (QED) is 0.880. The second kappa shape index (κ2) is 7.20. The second-order valence-corrected chi connectivity index (χ2v) is 6.03. The molecule has 1 amide bonds. The van der Waals surface area contributed by atoms with E-state index in [-0.39, 0.29) is 5.91 Å². The van der Waals surface area contributed by atoms with Crippen LogP contribution in [0.3, 0.4) is 0 Å². The van der Waals surface area contributed by atoms with Crippen molar-refractivity contribution in [1.29, 1.82) is 0 Å². The maximum atomic E-state index is 12.3. The molecule has 2 aromatic rings. The molecule has 126 valence electrons. The fraction of sp³-hybridized carbons (Fsp3) is 0.235. The molecule has 5 nitrogen and oxygen atoms in total. The topological polar surface area (TPSA) is 56.8 Å². The van der Waals surface area contributed by atoms with Crippen LogP contribution in [0, 0.1) is 0 Å². The van der Waals surface area contributed by atoms with Crippen molar-refractivity contribution in [3.63, 3.8) is 0 Å². The number of rotatable bonds is 4. The zero-order valence-corrected chi connectivity index (χ0v) is 14.4. The van der Waals surface area contributed by atoms with Crippen molar-refractivity contribution in [3.8, 4) is 17.2 Å². The maximum Gasteiger partial charge on any atom is 0.265 e. The molecule has 2 aromatic carbocycles. The smallest absolute Gasteiger partial charge is 0.265 e. The van der Waals surface area contributed by atoms with Crippen molar-refractivity contribution in [3.05, 3.63) is 46.4 Å². The summed E-state index contributed by atoms with van der Waals surface area (Å²) in [7, 11) is 0. The Kier molecular flexibility index (Phi) is 5.02. The molecular formula is C17H15Cl2NO4. The van der Waals surface area contributed by atoms with Crippen LogP contribution in [0.15, 0.2) is 36.4 Å². The Bertz CT molecular complexity index is 766. The van der Waals surface area contributed by atoms with Gasteiger partial charge in [-0.05, 0) is 31.2 Å². The van der Waals surface area contributed by atoms with Gasteiger partial charge in [0.15, 0.2) is 17.6 Å². The molecule has 0 radical (unpaired) electrons. The van der Waals surface area contributed by atoms with E-state index in [0.29, 0.717) is 46.2 Å². The molecule has 0 spiro atoms. The molecule has 0 bridgehead atoms. The van der Waals surface area contributed by atoms with E-state index in [1.54, 1.807) is 43.3 Å². The molecule has 1 unspecified atom stereocenters. The largest absolute Gasteiger partial charge is 0.486 e. The molecule has 1 atom stereocenters. The van der Waals surface area contributed by atoms with Crippen molar-refractivity contribution in [1.82, 2.24) is 0 Å². The lowest BCUT2D eigenvalue weighted by Gasteiger charge is -2.20. The van der Waals surface area contributed by atoms with Gasteiger partial charge in [-0.1, -0.05) is 23.2 Å². The normalized spacial score (nSPS) is 14.0. The third-order valence-electron chi connectivity index (χ3n) is 3.38. The average molecular weight is 368 g/mol. The zero-order chi connectivity index (χ0) is 17.1. The summed E-state index contributed by atoms with van der Waals surface area (Å²) in [6.45, 7) is 2.63. The van der Waals surface area contributed by atoms with Crippen LogP contribution in [-0.4, -0.2) is 25.2 Å². The Morgan fingerprint density at radius 1 is 1.12 bits per heavy atom. The van der Waals surface area contributed by atoms with Gasteiger partial charge in [0.1, 0.15) is 19.0 Å². The summed E-state index contributed by atoms with van der Waals surface area (Å²) in [5, 5.41) is 3.64. The monoisotopic (exact) mass is 367 g/mol. The Hall–Kier alpha value is -2.11. The van der Waals surface area contributed by atoms with E-state index in [9.17, 15) is 4.79 Å². The molecule has 0 saturated carbocycles. The number of ether oxygens (including phenoxy) is 3. The number of carbonyl (C=O) groups is 1. The lowest BCUT2D eigenvalue weighted by molar-refractivity contribution is -0.122.